The van der Waals surface area contributed by atoms with Crippen molar-refractivity contribution in [1.82, 2.24) is 5.32 Å². The zero-order valence-electron chi connectivity index (χ0n) is 11.0. The van der Waals surface area contributed by atoms with E-state index < -0.39 is 0 Å². The fraction of sp³-hybridized carbons (Fsp3) is 0.294. The molecule has 0 fully saturated rings. The summed E-state index contributed by atoms with van der Waals surface area (Å²) in [7, 11) is 0. The lowest BCUT2D eigenvalue weighted by molar-refractivity contribution is 0.281. The van der Waals surface area contributed by atoms with E-state index in [1.54, 1.807) is 0 Å². The molecule has 0 saturated carbocycles. The highest BCUT2D eigenvalue weighted by Crippen LogP contribution is 2.30. The quantitative estimate of drug-likeness (QED) is 0.878. The number of hydrogen-bond acceptors (Lipinski definition) is 2. The first-order chi connectivity index (χ1) is 9.36. The second-order valence-corrected chi connectivity index (χ2v) is 5.15. The van der Waals surface area contributed by atoms with Crippen molar-refractivity contribution in [3.63, 3.8) is 0 Å². The number of rotatable bonds is 4. The Bertz CT molecular complexity index is 565. The third-order valence-electron chi connectivity index (χ3n) is 3.86. The molecule has 0 radical (unpaired) electrons. The standard InChI is InChI=1S/C17H19NO/c19-12-14-5-3-4-13(10-14)11-18-17-9-8-15-6-1-2-7-16(15)17/h1-7,10,17-19H,8-9,11-12H2. The SMILES string of the molecule is OCc1cccc(CNC2CCc3ccccc32)c1. The maximum atomic E-state index is 9.15. The van der Waals surface area contributed by atoms with E-state index in [1.807, 2.05) is 12.1 Å². The third kappa shape index (κ3) is 2.70. The van der Waals surface area contributed by atoms with Gasteiger partial charge in [0.05, 0.1) is 6.61 Å². The Balaban J connectivity index is 1.67. The first-order valence-corrected chi connectivity index (χ1v) is 6.86. The van der Waals surface area contributed by atoms with E-state index >= 15 is 0 Å². The van der Waals surface area contributed by atoms with Crippen LogP contribution in [0.15, 0.2) is 48.5 Å². The Kier molecular flexibility index (Phi) is 3.62. The monoisotopic (exact) mass is 253 g/mol. The van der Waals surface area contributed by atoms with Crippen molar-refractivity contribution in [2.75, 3.05) is 0 Å². The van der Waals surface area contributed by atoms with Crippen LogP contribution in [0.3, 0.4) is 0 Å². The molecule has 2 heteroatoms. The molecule has 1 atom stereocenters. The molecule has 2 nitrogen and oxygen atoms in total. The van der Waals surface area contributed by atoms with E-state index in [2.05, 4.69) is 41.7 Å². The maximum absolute atomic E-state index is 9.15. The zero-order chi connectivity index (χ0) is 13.1. The van der Waals surface area contributed by atoms with Gasteiger partial charge in [0.1, 0.15) is 0 Å². The molecule has 19 heavy (non-hydrogen) atoms. The molecular formula is C17H19NO. The van der Waals surface area contributed by atoms with Crippen LogP contribution in [0.1, 0.15) is 34.7 Å². The molecule has 2 aromatic rings. The molecule has 0 saturated heterocycles. The molecule has 1 aliphatic carbocycles. The van der Waals surface area contributed by atoms with Crippen molar-refractivity contribution >= 4 is 0 Å². The fourth-order valence-electron chi connectivity index (χ4n) is 2.85. The van der Waals surface area contributed by atoms with E-state index in [4.69, 9.17) is 5.11 Å². The Morgan fingerprint density at radius 1 is 1.05 bits per heavy atom. The van der Waals surface area contributed by atoms with Gasteiger partial charge >= 0.3 is 0 Å². The number of aliphatic hydroxyl groups is 1. The highest BCUT2D eigenvalue weighted by atomic mass is 16.3. The van der Waals surface area contributed by atoms with Gasteiger partial charge in [-0.05, 0) is 35.1 Å². The Morgan fingerprint density at radius 2 is 1.89 bits per heavy atom. The van der Waals surface area contributed by atoms with Crippen molar-refractivity contribution in [3.05, 3.63) is 70.8 Å². The van der Waals surface area contributed by atoms with Gasteiger partial charge in [0.25, 0.3) is 0 Å². The summed E-state index contributed by atoms with van der Waals surface area (Å²) < 4.78 is 0. The van der Waals surface area contributed by atoms with E-state index in [-0.39, 0.29) is 6.61 Å². The fourth-order valence-corrected chi connectivity index (χ4v) is 2.85. The molecule has 2 N–H and O–H groups in total. The summed E-state index contributed by atoms with van der Waals surface area (Å²) >= 11 is 0. The molecule has 3 rings (SSSR count). The summed E-state index contributed by atoms with van der Waals surface area (Å²) in [5, 5.41) is 12.8. The molecule has 2 aromatic carbocycles. The molecule has 0 spiro atoms. The lowest BCUT2D eigenvalue weighted by atomic mass is 10.1. The molecule has 0 aliphatic heterocycles. The summed E-state index contributed by atoms with van der Waals surface area (Å²) in [4.78, 5) is 0. The number of fused-ring (bicyclic) bond motifs is 1. The highest BCUT2D eigenvalue weighted by molar-refractivity contribution is 5.34. The number of nitrogens with one attached hydrogen (secondary N) is 1. The normalized spacial score (nSPS) is 17.4. The second-order valence-electron chi connectivity index (χ2n) is 5.15. The van der Waals surface area contributed by atoms with Crippen LogP contribution in [-0.2, 0) is 19.6 Å². The van der Waals surface area contributed by atoms with Gasteiger partial charge in [-0.2, -0.15) is 0 Å². The van der Waals surface area contributed by atoms with Crippen LogP contribution in [0.5, 0.6) is 0 Å². The molecule has 0 heterocycles. The average Bonchev–Trinajstić information content (AvgIpc) is 2.89. The molecule has 0 aromatic heterocycles. The van der Waals surface area contributed by atoms with Crippen LogP contribution in [0.2, 0.25) is 0 Å². The zero-order valence-corrected chi connectivity index (χ0v) is 11.0. The van der Waals surface area contributed by atoms with E-state index in [0.29, 0.717) is 6.04 Å². The van der Waals surface area contributed by atoms with Crippen molar-refractivity contribution < 1.29 is 5.11 Å². The van der Waals surface area contributed by atoms with Crippen LogP contribution in [0, 0.1) is 0 Å². The predicted octanol–water partition coefficient (Wildman–Crippen LogP) is 2.96. The van der Waals surface area contributed by atoms with Gasteiger partial charge in [0, 0.05) is 12.6 Å². The largest absolute Gasteiger partial charge is 0.392 e. The number of aryl methyl sites for hydroxylation is 1. The third-order valence-corrected chi connectivity index (χ3v) is 3.86. The molecule has 1 unspecified atom stereocenters. The van der Waals surface area contributed by atoms with Gasteiger partial charge in [0.2, 0.25) is 0 Å². The summed E-state index contributed by atoms with van der Waals surface area (Å²) in [6, 6.07) is 17.3. The minimum absolute atomic E-state index is 0.111. The summed E-state index contributed by atoms with van der Waals surface area (Å²) in [6.45, 7) is 0.965. The van der Waals surface area contributed by atoms with Crippen LogP contribution in [0.25, 0.3) is 0 Å². The molecule has 0 amide bonds. The van der Waals surface area contributed by atoms with E-state index in [0.717, 1.165) is 12.1 Å². The van der Waals surface area contributed by atoms with Gasteiger partial charge in [-0.15, -0.1) is 0 Å². The van der Waals surface area contributed by atoms with E-state index in [9.17, 15) is 0 Å². The highest BCUT2D eigenvalue weighted by Gasteiger charge is 2.20. The van der Waals surface area contributed by atoms with Gasteiger partial charge in [-0.1, -0.05) is 48.5 Å². The summed E-state index contributed by atoms with van der Waals surface area (Å²) in [5.41, 5.74) is 5.13. The van der Waals surface area contributed by atoms with Crippen LogP contribution in [-0.4, -0.2) is 5.11 Å². The topological polar surface area (TPSA) is 32.3 Å². The number of hydrogen-bond donors (Lipinski definition) is 2. The second kappa shape index (κ2) is 5.55. The van der Waals surface area contributed by atoms with Crippen LogP contribution < -0.4 is 5.32 Å². The van der Waals surface area contributed by atoms with Crippen molar-refractivity contribution in [1.29, 1.82) is 0 Å². The lowest BCUT2D eigenvalue weighted by Gasteiger charge is -2.14. The van der Waals surface area contributed by atoms with Gasteiger partial charge in [-0.25, -0.2) is 0 Å². The average molecular weight is 253 g/mol. The molecule has 0 bridgehead atoms. The smallest absolute Gasteiger partial charge is 0.0681 e. The Morgan fingerprint density at radius 3 is 2.79 bits per heavy atom. The molecule has 98 valence electrons. The lowest BCUT2D eigenvalue weighted by Crippen LogP contribution is -2.18. The van der Waals surface area contributed by atoms with Crippen molar-refractivity contribution in [2.45, 2.75) is 32.0 Å². The van der Waals surface area contributed by atoms with Crippen molar-refractivity contribution in [3.8, 4) is 0 Å². The van der Waals surface area contributed by atoms with Crippen molar-refractivity contribution in [2.24, 2.45) is 0 Å². The van der Waals surface area contributed by atoms with Gasteiger partial charge in [0.15, 0.2) is 0 Å². The molecule has 1 aliphatic rings. The van der Waals surface area contributed by atoms with E-state index in [1.165, 1.54) is 29.5 Å². The summed E-state index contributed by atoms with van der Waals surface area (Å²) in [5.74, 6) is 0. The minimum Gasteiger partial charge on any atom is -0.392 e. The van der Waals surface area contributed by atoms with Crippen LogP contribution in [0.4, 0.5) is 0 Å². The number of aliphatic hydroxyl groups excluding tert-OH is 1. The Labute approximate surface area is 114 Å². The first kappa shape index (κ1) is 12.4. The first-order valence-electron chi connectivity index (χ1n) is 6.86. The summed E-state index contributed by atoms with van der Waals surface area (Å²) in [6.07, 6.45) is 2.35. The van der Waals surface area contributed by atoms with Gasteiger partial charge in [-0.3, -0.25) is 0 Å². The Hall–Kier alpha value is -1.64. The van der Waals surface area contributed by atoms with Crippen LogP contribution >= 0.6 is 0 Å². The number of benzene rings is 2. The minimum atomic E-state index is 0.111. The van der Waals surface area contributed by atoms with Gasteiger partial charge < -0.3 is 10.4 Å². The predicted molar refractivity (Wildman–Crippen MR) is 76.7 cm³/mol. The molecular weight excluding hydrogens is 234 g/mol. The maximum Gasteiger partial charge on any atom is 0.0681 e.